The van der Waals surface area contributed by atoms with E-state index in [1.54, 1.807) is 0 Å². The lowest BCUT2D eigenvalue weighted by atomic mass is 10.1. The highest BCUT2D eigenvalue weighted by molar-refractivity contribution is 6.57. The summed E-state index contributed by atoms with van der Waals surface area (Å²) in [6.07, 6.45) is 2.99. The molecule has 10 heavy (non-hydrogen) atoms. The van der Waals surface area contributed by atoms with Crippen molar-refractivity contribution >= 4 is 8.80 Å². The summed E-state index contributed by atoms with van der Waals surface area (Å²) in [7, 11) is -0.339. The lowest BCUT2D eigenvalue weighted by Gasteiger charge is -2.22. The minimum Gasteiger partial charge on any atom is -0.0720 e. The molecule has 0 amide bonds. The molecule has 0 aliphatic heterocycles. The van der Waals surface area contributed by atoms with Gasteiger partial charge in [-0.2, -0.15) is 0 Å². The molecule has 1 saturated carbocycles. The zero-order chi connectivity index (χ0) is 7.72. The number of hydrogen-bond donors (Lipinski definition) is 0. The van der Waals surface area contributed by atoms with E-state index in [1.807, 2.05) is 0 Å². The summed E-state index contributed by atoms with van der Waals surface area (Å²) in [6.45, 7) is 9.90. The summed E-state index contributed by atoms with van der Waals surface area (Å²) < 4.78 is 0. The van der Waals surface area contributed by atoms with Crippen LogP contribution in [0, 0.1) is 11.8 Å². The van der Waals surface area contributed by atoms with Gasteiger partial charge in [0, 0.05) is 8.80 Å². The van der Waals surface area contributed by atoms with Gasteiger partial charge in [-0.05, 0) is 17.4 Å². The third kappa shape index (κ3) is 1.44. The first-order valence-electron chi connectivity index (χ1n) is 4.63. The number of hydrogen-bond acceptors (Lipinski definition) is 0. The van der Waals surface area contributed by atoms with Crippen molar-refractivity contribution in [3.8, 4) is 0 Å². The largest absolute Gasteiger partial charge is 0.0720 e. The standard InChI is InChI=1S/C9H20Si/c1-7-5-6-8(2)9(7)10(3)4/h7-10H,5-6H2,1-4H3. The van der Waals surface area contributed by atoms with Gasteiger partial charge in [0.05, 0.1) is 0 Å². The maximum Gasteiger partial charge on any atom is 0.0343 e. The zero-order valence-corrected chi connectivity index (χ0v) is 8.88. The first-order chi connectivity index (χ1) is 4.63. The van der Waals surface area contributed by atoms with Gasteiger partial charge in [-0.3, -0.25) is 0 Å². The zero-order valence-electron chi connectivity index (χ0n) is 7.72. The Morgan fingerprint density at radius 1 is 1.00 bits per heavy atom. The highest BCUT2D eigenvalue weighted by Gasteiger charge is 2.32. The van der Waals surface area contributed by atoms with E-state index in [0.717, 1.165) is 17.4 Å². The molecule has 1 aliphatic carbocycles. The normalized spacial score (nSPS) is 41.1. The van der Waals surface area contributed by atoms with E-state index in [4.69, 9.17) is 0 Å². The van der Waals surface area contributed by atoms with Gasteiger partial charge in [-0.25, -0.2) is 0 Å². The van der Waals surface area contributed by atoms with E-state index < -0.39 is 0 Å². The molecule has 0 heterocycles. The Hall–Kier alpha value is 0.217. The van der Waals surface area contributed by atoms with Crippen LogP contribution in [0.4, 0.5) is 0 Å². The molecule has 60 valence electrons. The van der Waals surface area contributed by atoms with Crippen LogP contribution in [-0.2, 0) is 0 Å². The Morgan fingerprint density at radius 2 is 1.40 bits per heavy atom. The maximum absolute atomic E-state index is 2.50. The minimum atomic E-state index is -0.339. The van der Waals surface area contributed by atoms with E-state index in [1.165, 1.54) is 12.8 Å². The van der Waals surface area contributed by atoms with Gasteiger partial charge in [0.1, 0.15) is 0 Å². The molecule has 0 aromatic rings. The average molecular weight is 156 g/mol. The second kappa shape index (κ2) is 3.08. The molecule has 0 saturated heterocycles. The molecule has 0 radical (unpaired) electrons. The van der Waals surface area contributed by atoms with E-state index in [-0.39, 0.29) is 8.80 Å². The monoisotopic (exact) mass is 156 g/mol. The van der Waals surface area contributed by atoms with Crippen molar-refractivity contribution in [2.24, 2.45) is 11.8 Å². The molecule has 1 rings (SSSR count). The van der Waals surface area contributed by atoms with Crippen molar-refractivity contribution in [1.82, 2.24) is 0 Å². The molecule has 1 aliphatic rings. The van der Waals surface area contributed by atoms with E-state index in [0.29, 0.717) is 0 Å². The summed E-state index contributed by atoms with van der Waals surface area (Å²) in [6, 6.07) is 0. The minimum absolute atomic E-state index is 0.339. The van der Waals surface area contributed by atoms with Crippen LogP contribution in [0.1, 0.15) is 26.7 Å². The van der Waals surface area contributed by atoms with Crippen LogP contribution in [-0.4, -0.2) is 8.80 Å². The van der Waals surface area contributed by atoms with Crippen molar-refractivity contribution in [2.45, 2.75) is 45.3 Å². The first kappa shape index (κ1) is 8.31. The molecule has 2 unspecified atom stereocenters. The fraction of sp³-hybridized carbons (Fsp3) is 1.00. The molecule has 0 aromatic heterocycles. The molecular weight excluding hydrogens is 136 g/mol. The predicted octanol–water partition coefficient (Wildman–Crippen LogP) is 2.91. The third-order valence-electron chi connectivity index (χ3n) is 3.16. The van der Waals surface area contributed by atoms with Crippen molar-refractivity contribution < 1.29 is 0 Å². The van der Waals surface area contributed by atoms with Gasteiger partial charge in [-0.1, -0.05) is 39.8 Å². The Bertz CT molecular complexity index is 99.3. The quantitative estimate of drug-likeness (QED) is 0.512. The lowest BCUT2D eigenvalue weighted by molar-refractivity contribution is 0.543. The van der Waals surface area contributed by atoms with Gasteiger partial charge in [0.25, 0.3) is 0 Å². The fourth-order valence-electron chi connectivity index (χ4n) is 2.79. The molecule has 0 nitrogen and oxygen atoms in total. The lowest BCUT2D eigenvalue weighted by Crippen LogP contribution is -2.19. The highest BCUT2D eigenvalue weighted by atomic mass is 28.3. The average Bonchev–Trinajstić information content (AvgIpc) is 2.11. The van der Waals surface area contributed by atoms with Gasteiger partial charge in [0.15, 0.2) is 0 Å². The Kier molecular flexibility index (Phi) is 2.56. The molecule has 2 atom stereocenters. The number of rotatable bonds is 1. The summed E-state index contributed by atoms with van der Waals surface area (Å²) in [5.41, 5.74) is 1.14. The Balaban J connectivity index is 2.54. The predicted molar refractivity (Wildman–Crippen MR) is 50.2 cm³/mol. The van der Waals surface area contributed by atoms with E-state index >= 15 is 0 Å². The van der Waals surface area contributed by atoms with Crippen molar-refractivity contribution in [3.05, 3.63) is 0 Å². The second-order valence-corrected chi connectivity index (χ2v) is 7.61. The van der Waals surface area contributed by atoms with Crippen LogP contribution >= 0.6 is 0 Å². The Labute approximate surface area is 66.6 Å². The van der Waals surface area contributed by atoms with E-state index in [9.17, 15) is 0 Å². The van der Waals surface area contributed by atoms with Crippen LogP contribution in [0.2, 0.25) is 18.6 Å². The van der Waals surface area contributed by atoms with Gasteiger partial charge in [-0.15, -0.1) is 0 Å². The topological polar surface area (TPSA) is 0 Å². The van der Waals surface area contributed by atoms with Crippen molar-refractivity contribution in [2.75, 3.05) is 0 Å². The molecule has 0 bridgehead atoms. The molecular formula is C9H20Si. The van der Waals surface area contributed by atoms with Gasteiger partial charge >= 0.3 is 0 Å². The first-order valence-corrected chi connectivity index (χ1v) is 7.60. The van der Waals surface area contributed by atoms with Gasteiger partial charge in [0.2, 0.25) is 0 Å². The smallest absolute Gasteiger partial charge is 0.0343 e. The van der Waals surface area contributed by atoms with Crippen LogP contribution in [0.25, 0.3) is 0 Å². The fourth-order valence-corrected chi connectivity index (χ4v) is 5.80. The summed E-state index contributed by atoms with van der Waals surface area (Å²) >= 11 is 0. The molecule has 0 N–H and O–H groups in total. The second-order valence-electron chi connectivity index (χ2n) is 4.35. The molecule has 0 aromatic carbocycles. The SMILES string of the molecule is CC1CCC(C)C1[SiH](C)C. The summed E-state index contributed by atoms with van der Waals surface area (Å²) in [5, 5.41) is 0. The van der Waals surface area contributed by atoms with E-state index in [2.05, 4.69) is 26.9 Å². The molecule has 1 heteroatoms. The molecule has 0 spiro atoms. The van der Waals surface area contributed by atoms with Crippen LogP contribution < -0.4 is 0 Å². The van der Waals surface area contributed by atoms with Crippen molar-refractivity contribution in [3.63, 3.8) is 0 Å². The summed E-state index contributed by atoms with van der Waals surface area (Å²) in [4.78, 5) is 0. The van der Waals surface area contributed by atoms with Crippen molar-refractivity contribution in [1.29, 1.82) is 0 Å². The summed E-state index contributed by atoms with van der Waals surface area (Å²) in [5.74, 6) is 2.09. The van der Waals surface area contributed by atoms with Crippen LogP contribution in [0.3, 0.4) is 0 Å². The molecule has 1 fully saturated rings. The third-order valence-corrected chi connectivity index (χ3v) is 6.02. The Morgan fingerprint density at radius 3 is 1.60 bits per heavy atom. The highest BCUT2D eigenvalue weighted by Crippen LogP contribution is 2.42. The maximum atomic E-state index is 2.50. The van der Waals surface area contributed by atoms with Gasteiger partial charge < -0.3 is 0 Å². The van der Waals surface area contributed by atoms with Crippen LogP contribution in [0.5, 0.6) is 0 Å². The van der Waals surface area contributed by atoms with Crippen LogP contribution in [0.15, 0.2) is 0 Å².